The van der Waals surface area contributed by atoms with Gasteiger partial charge in [0.15, 0.2) is 10.5 Å². The van der Waals surface area contributed by atoms with Crippen LogP contribution < -0.4 is 4.74 Å². The predicted octanol–water partition coefficient (Wildman–Crippen LogP) is 5.74. The smallest absolute Gasteiger partial charge is 0.349 e. The Balaban J connectivity index is 1.93. The molecule has 0 bridgehead atoms. The minimum absolute atomic E-state index is 0.0992. The first-order chi connectivity index (χ1) is 15.6. The standard InChI is InChI=1S/C24H24ClN3O4S/c1-13(15-7-5-6-8-16(15)25)32-20-19(24(2,3)4)21(33-22(20)23(30)31)17-11-26-18-10-9-14(12-29)27-28(17)18/h5-11,13,29H,12H2,1-4H3,(H,30,31)/t13-/m1/s1. The Kier molecular flexibility index (Phi) is 6.18. The molecule has 0 saturated heterocycles. The molecule has 1 atom stereocenters. The average Bonchev–Trinajstić information content (AvgIpc) is 3.34. The van der Waals surface area contributed by atoms with Crippen molar-refractivity contribution in [3.05, 3.63) is 69.3 Å². The minimum Gasteiger partial charge on any atom is -0.484 e. The summed E-state index contributed by atoms with van der Waals surface area (Å²) in [6.07, 6.45) is 1.19. The number of halogens is 1. The summed E-state index contributed by atoms with van der Waals surface area (Å²) in [5.41, 5.74) is 2.79. The molecular formula is C24H24ClN3O4S. The zero-order valence-electron chi connectivity index (χ0n) is 18.7. The summed E-state index contributed by atoms with van der Waals surface area (Å²) in [6.45, 7) is 7.65. The van der Waals surface area contributed by atoms with E-state index in [9.17, 15) is 15.0 Å². The van der Waals surface area contributed by atoms with Gasteiger partial charge in [0, 0.05) is 16.1 Å². The molecule has 3 aromatic heterocycles. The second-order valence-electron chi connectivity index (χ2n) is 8.70. The van der Waals surface area contributed by atoms with Gasteiger partial charge in [0.25, 0.3) is 0 Å². The lowest BCUT2D eigenvalue weighted by Gasteiger charge is -2.24. The van der Waals surface area contributed by atoms with Crippen LogP contribution in [0.1, 0.15) is 60.3 Å². The molecule has 4 rings (SSSR count). The molecule has 0 aliphatic heterocycles. The van der Waals surface area contributed by atoms with Gasteiger partial charge >= 0.3 is 5.97 Å². The molecule has 0 radical (unpaired) electrons. The normalized spacial score (nSPS) is 12.8. The Bertz CT molecular complexity index is 1340. The number of thiophene rings is 1. The van der Waals surface area contributed by atoms with Crippen LogP contribution in [0, 0.1) is 0 Å². The maximum atomic E-state index is 12.3. The van der Waals surface area contributed by atoms with Gasteiger partial charge in [-0.2, -0.15) is 5.10 Å². The first-order valence-electron chi connectivity index (χ1n) is 10.4. The van der Waals surface area contributed by atoms with Crippen LogP contribution in [0.4, 0.5) is 0 Å². The maximum Gasteiger partial charge on any atom is 0.349 e. The molecule has 4 aromatic rings. The fourth-order valence-corrected chi connectivity index (χ4v) is 5.29. The van der Waals surface area contributed by atoms with Gasteiger partial charge in [-0.1, -0.05) is 50.6 Å². The van der Waals surface area contributed by atoms with E-state index in [1.165, 1.54) is 0 Å². The van der Waals surface area contributed by atoms with E-state index in [1.54, 1.807) is 28.9 Å². The molecule has 0 spiro atoms. The number of aliphatic hydroxyl groups excluding tert-OH is 1. The zero-order chi connectivity index (χ0) is 23.9. The Morgan fingerprint density at radius 1 is 1.24 bits per heavy atom. The number of ether oxygens (including phenoxy) is 1. The van der Waals surface area contributed by atoms with Gasteiger partial charge in [-0.05, 0) is 30.5 Å². The summed E-state index contributed by atoms with van der Waals surface area (Å²) in [4.78, 5) is 17.5. The van der Waals surface area contributed by atoms with Gasteiger partial charge in [-0.25, -0.2) is 14.3 Å². The number of imidazole rings is 1. The summed E-state index contributed by atoms with van der Waals surface area (Å²) < 4.78 is 7.95. The molecule has 0 aliphatic carbocycles. The monoisotopic (exact) mass is 485 g/mol. The molecule has 172 valence electrons. The Hall–Kier alpha value is -2.94. The van der Waals surface area contributed by atoms with Gasteiger partial charge in [0.05, 0.1) is 23.4 Å². The third-order valence-electron chi connectivity index (χ3n) is 5.26. The number of benzene rings is 1. The molecule has 0 aliphatic rings. The number of aromatic carboxylic acids is 1. The van der Waals surface area contributed by atoms with Crippen LogP contribution in [0.25, 0.3) is 16.2 Å². The van der Waals surface area contributed by atoms with E-state index in [4.69, 9.17) is 16.3 Å². The number of aliphatic hydroxyl groups is 1. The second-order valence-corrected chi connectivity index (χ2v) is 10.1. The molecule has 3 heterocycles. The van der Waals surface area contributed by atoms with E-state index in [0.29, 0.717) is 32.7 Å². The molecule has 0 fully saturated rings. The second kappa shape index (κ2) is 8.78. The molecule has 1 aromatic carbocycles. The summed E-state index contributed by atoms with van der Waals surface area (Å²) in [5.74, 6) is -0.758. The third kappa shape index (κ3) is 4.34. The largest absolute Gasteiger partial charge is 0.484 e. The minimum atomic E-state index is -1.07. The summed E-state index contributed by atoms with van der Waals surface area (Å²) in [6, 6.07) is 10.8. The van der Waals surface area contributed by atoms with E-state index in [0.717, 1.165) is 22.5 Å². The summed E-state index contributed by atoms with van der Waals surface area (Å²) in [7, 11) is 0. The number of fused-ring (bicyclic) bond motifs is 1. The fraction of sp³-hybridized carbons (Fsp3) is 0.292. The number of carboxylic acid groups (broad SMARTS) is 1. The van der Waals surface area contributed by atoms with Crippen LogP contribution in [0.3, 0.4) is 0 Å². The van der Waals surface area contributed by atoms with Crippen molar-refractivity contribution in [3.8, 4) is 16.3 Å². The average molecular weight is 486 g/mol. The highest BCUT2D eigenvalue weighted by Gasteiger charge is 2.34. The highest BCUT2D eigenvalue weighted by atomic mass is 35.5. The molecule has 9 heteroatoms. The number of carbonyl (C=O) groups is 1. The van der Waals surface area contributed by atoms with Gasteiger partial charge < -0.3 is 14.9 Å². The highest BCUT2D eigenvalue weighted by molar-refractivity contribution is 7.18. The van der Waals surface area contributed by atoms with Gasteiger partial charge in [0.2, 0.25) is 0 Å². The zero-order valence-corrected chi connectivity index (χ0v) is 20.2. The van der Waals surface area contributed by atoms with Crippen LogP contribution in [0.2, 0.25) is 5.02 Å². The van der Waals surface area contributed by atoms with Crippen LogP contribution in [-0.2, 0) is 12.0 Å². The first-order valence-corrected chi connectivity index (χ1v) is 11.6. The van der Waals surface area contributed by atoms with Crippen LogP contribution in [0.15, 0.2) is 42.6 Å². The molecular weight excluding hydrogens is 462 g/mol. The predicted molar refractivity (Wildman–Crippen MR) is 128 cm³/mol. The third-order valence-corrected chi connectivity index (χ3v) is 6.78. The van der Waals surface area contributed by atoms with Crippen molar-refractivity contribution >= 4 is 34.6 Å². The van der Waals surface area contributed by atoms with Gasteiger partial charge in [-0.3, -0.25) is 0 Å². The van der Waals surface area contributed by atoms with Gasteiger partial charge in [-0.15, -0.1) is 11.3 Å². The lowest BCUT2D eigenvalue weighted by Crippen LogP contribution is -2.16. The van der Waals surface area contributed by atoms with Crippen molar-refractivity contribution in [2.24, 2.45) is 0 Å². The van der Waals surface area contributed by atoms with Crippen molar-refractivity contribution < 1.29 is 19.7 Å². The number of rotatable bonds is 6. The van der Waals surface area contributed by atoms with E-state index >= 15 is 0 Å². The van der Waals surface area contributed by atoms with Crippen LogP contribution in [0.5, 0.6) is 5.75 Å². The Morgan fingerprint density at radius 2 is 1.97 bits per heavy atom. The molecule has 0 unspecified atom stereocenters. The summed E-state index contributed by atoms with van der Waals surface area (Å²) in [5, 5.41) is 24.6. The molecule has 2 N–H and O–H groups in total. The number of hydrogen-bond acceptors (Lipinski definition) is 6. The number of hydrogen-bond donors (Lipinski definition) is 2. The Morgan fingerprint density at radius 3 is 2.61 bits per heavy atom. The van der Waals surface area contributed by atoms with Crippen LogP contribution in [-0.4, -0.2) is 30.8 Å². The van der Waals surface area contributed by atoms with Crippen molar-refractivity contribution in [1.29, 1.82) is 0 Å². The number of aromatic nitrogens is 3. The number of carboxylic acids is 1. The fourth-order valence-electron chi connectivity index (χ4n) is 3.73. The quantitative estimate of drug-likeness (QED) is 0.361. The lowest BCUT2D eigenvalue weighted by molar-refractivity contribution is 0.0695. The Labute approximate surface area is 200 Å². The van der Waals surface area contributed by atoms with Crippen LogP contribution >= 0.6 is 22.9 Å². The highest BCUT2D eigenvalue weighted by Crippen LogP contribution is 2.49. The SMILES string of the molecule is C[C@@H](Oc1c(C(=O)O)sc(-c2cnc3ccc(CO)nn23)c1C(C)(C)C)c1ccccc1Cl. The van der Waals surface area contributed by atoms with E-state index < -0.39 is 17.5 Å². The van der Waals surface area contributed by atoms with E-state index in [1.807, 2.05) is 45.9 Å². The van der Waals surface area contributed by atoms with Crippen molar-refractivity contribution in [2.45, 2.75) is 45.8 Å². The van der Waals surface area contributed by atoms with Crippen molar-refractivity contribution in [2.75, 3.05) is 0 Å². The van der Waals surface area contributed by atoms with Crippen molar-refractivity contribution in [1.82, 2.24) is 14.6 Å². The molecule has 7 nitrogen and oxygen atoms in total. The summed E-state index contributed by atoms with van der Waals surface area (Å²) >= 11 is 7.49. The molecule has 0 saturated carbocycles. The van der Waals surface area contributed by atoms with Crippen molar-refractivity contribution in [3.63, 3.8) is 0 Å². The molecule has 33 heavy (non-hydrogen) atoms. The molecule has 0 amide bonds. The number of nitrogens with zero attached hydrogens (tertiary/aromatic N) is 3. The van der Waals surface area contributed by atoms with E-state index in [2.05, 4.69) is 10.1 Å². The first kappa shape index (κ1) is 23.2. The topological polar surface area (TPSA) is 97.0 Å². The lowest BCUT2D eigenvalue weighted by atomic mass is 9.85. The van der Waals surface area contributed by atoms with Gasteiger partial charge in [0.1, 0.15) is 17.5 Å². The van der Waals surface area contributed by atoms with E-state index in [-0.39, 0.29) is 11.5 Å². The maximum absolute atomic E-state index is 12.3.